The van der Waals surface area contributed by atoms with E-state index in [2.05, 4.69) is 21.3 Å². The molecule has 0 radical (unpaired) electrons. The zero-order valence-corrected chi connectivity index (χ0v) is 64.5. The third-order valence-corrected chi connectivity index (χ3v) is 17.7. The number of likely N-dealkylation sites (N-methyl/N-ethyl adjacent to an activating group) is 7. The maximum Gasteiger partial charge on any atom is 0.511 e. The Morgan fingerprint density at radius 2 is 0.960 bits per heavy atom. The first-order valence-electron chi connectivity index (χ1n) is 35.2. The summed E-state index contributed by atoms with van der Waals surface area (Å²) in [7, 11) is 9.58. The van der Waals surface area contributed by atoms with E-state index >= 15 is 19.2 Å². The normalized spacial score (nSPS) is 24.4. The number of esters is 2. The summed E-state index contributed by atoms with van der Waals surface area (Å²) in [6.45, 7) is 29.2. The lowest BCUT2D eigenvalue weighted by molar-refractivity contribution is -0.160. The third-order valence-electron chi connectivity index (χ3n) is 17.7. The van der Waals surface area contributed by atoms with Crippen molar-refractivity contribution in [3.63, 3.8) is 0 Å². The molecule has 100 heavy (non-hydrogen) atoms. The molecule has 1 aliphatic heterocycles. The van der Waals surface area contributed by atoms with Crippen LogP contribution in [-0.4, -0.2) is 253 Å². The van der Waals surface area contributed by atoms with Crippen LogP contribution in [0.5, 0.6) is 0 Å². The van der Waals surface area contributed by atoms with Gasteiger partial charge in [0.1, 0.15) is 66.5 Å². The molecule has 0 saturated carbocycles. The van der Waals surface area contributed by atoms with Crippen molar-refractivity contribution in [3.05, 3.63) is 12.2 Å². The van der Waals surface area contributed by atoms with Gasteiger partial charge in [0.25, 0.3) is 0 Å². The van der Waals surface area contributed by atoms with Gasteiger partial charge >= 0.3 is 18.1 Å². The molecular formula is C71H123N11O18. The number of carbonyl (C=O) groups excluding carboxylic acids is 14. The van der Waals surface area contributed by atoms with Crippen molar-refractivity contribution in [2.75, 3.05) is 69.3 Å². The van der Waals surface area contributed by atoms with Crippen molar-refractivity contribution in [3.8, 4) is 0 Å². The molecule has 11 amide bonds. The topological polar surface area (TPSA) is 347 Å². The number of hydrogen-bond acceptors (Lipinski definition) is 18. The Bertz CT molecular complexity index is 2810. The van der Waals surface area contributed by atoms with Crippen LogP contribution in [0.3, 0.4) is 0 Å². The van der Waals surface area contributed by atoms with E-state index in [1.165, 1.54) is 82.8 Å². The van der Waals surface area contributed by atoms with Crippen LogP contribution >= 0.6 is 0 Å². The van der Waals surface area contributed by atoms with Crippen molar-refractivity contribution in [2.24, 2.45) is 41.4 Å². The fraction of sp³-hybridized carbons (Fsp3) is 0.775. The van der Waals surface area contributed by atoms with Gasteiger partial charge in [0.15, 0.2) is 0 Å². The lowest BCUT2D eigenvalue weighted by atomic mass is 9.91. The van der Waals surface area contributed by atoms with Crippen molar-refractivity contribution in [2.45, 2.75) is 249 Å². The van der Waals surface area contributed by atoms with Gasteiger partial charge in [0.2, 0.25) is 71.8 Å². The van der Waals surface area contributed by atoms with E-state index in [0.717, 1.165) is 14.7 Å². The van der Waals surface area contributed by atoms with Crippen LogP contribution in [0.4, 0.5) is 4.79 Å². The van der Waals surface area contributed by atoms with E-state index in [9.17, 15) is 47.9 Å². The molecule has 1 heterocycles. The van der Waals surface area contributed by atoms with Crippen LogP contribution in [0.1, 0.15) is 182 Å². The van der Waals surface area contributed by atoms with Crippen LogP contribution in [0.15, 0.2) is 12.2 Å². The zero-order chi connectivity index (χ0) is 77.1. The van der Waals surface area contributed by atoms with Crippen LogP contribution in [0.2, 0.25) is 0 Å². The smallest absolute Gasteiger partial charge is 0.466 e. The number of ether oxygens (including phenoxy) is 4. The molecular weight excluding hydrogens is 1290 g/mol. The summed E-state index contributed by atoms with van der Waals surface area (Å²) in [6.07, 6.45) is 0.820. The standard InChI is InChI=1S/C71H123N11O18/c1-26-29-31-46(16)60(100-71(96)99-39-98-56(85)32-30-33-97-55(84)28-3)59-64(89)74-49(27-2)66(91)76(19)38-54(83)77(20)50(34-40(4)5)63(88)75-57(44(12)13)69(94)78(21)51(35-41(6)7)62(87)72-47(17)61(86)73-48(18)65(90)79(22)52(36-42(8)9)67(92)80(23)53(37-43(10)11)68(93)81(24)58(45(14)15)70(95)82(59)25/h26,29,40-53,57-60H,27-28,30-39H2,1-25H3,(H,72,87)(H,73,86)(H,74,89)(H,75,88)/b29-26+/t46-,47+,48-,49+,50+,51+,52+,53?,57+,58+,59?,60?/m1/s1. The molecule has 1 rings (SSSR count). The molecule has 29 nitrogen and oxygen atoms in total. The van der Waals surface area contributed by atoms with E-state index in [1.807, 2.05) is 55.4 Å². The molecule has 1 saturated heterocycles. The van der Waals surface area contributed by atoms with Gasteiger partial charge in [-0.1, -0.05) is 116 Å². The predicted octanol–water partition coefficient (Wildman–Crippen LogP) is 4.66. The second kappa shape index (κ2) is 43.0. The molecule has 1 aliphatic rings. The molecule has 3 unspecified atom stereocenters. The number of rotatable bonds is 23. The minimum Gasteiger partial charge on any atom is -0.466 e. The summed E-state index contributed by atoms with van der Waals surface area (Å²) in [6, 6.07) is -13.3. The molecule has 12 atom stereocenters. The first-order chi connectivity index (χ1) is 46.4. The Balaban J connectivity index is 4.49. The quantitative estimate of drug-likeness (QED) is 0.0355. The molecule has 0 spiro atoms. The van der Waals surface area contributed by atoms with E-state index in [4.69, 9.17) is 18.9 Å². The van der Waals surface area contributed by atoms with Gasteiger partial charge < -0.3 is 74.5 Å². The summed E-state index contributed by atoms with van der Waals surface area (Å²) in [5.41, 5.74) is 0. The highest BCUT2D eigenvalue weighted by Gasteiger charge is 2.47. The van der Waals surface area contributed by atoms with Gasteiger partial charge in [-0.05, 0) is 107 Å². The third kappa shape index (κ3) is 27.6. The first-order valence-corrected chi connectivity index (χ1v) is 35.2. The largest absolute Gasteiger partial charge is 0.511 e. The van der Waals surface area contributed by atoms with Gasteiger partial charge in [-0.2, -0.15) is 0 Å². The van der Waals surface area contributed by atoms with E-state index in [0.29, 0.717) is 0 Å². The molecule has 1 fully saturated rings. The Labute approximate surface area is 594 Å². The van der Waals surface area contributed by atoms with Crippen LogP contribution in [0, 0.1) is 41.4 Å². The van der Waals surface area contributed by atoms with Crippen molar-refractivity contribution >= 4 is 83.1 Å². The van der Waals surface area contributed by atoms with Gasteiger partial charge in [0, 0.05) is 62.2 Å². The maximum absolute atomic E-state index is 15.7. The van der Waals surface area contributed by atoms with Crippen molar-refractivity contribution in [1.82, 2.24) is 55.6 Å². The lowest BCUT2D eigenvalue weighted by Gasteiger charge is -2.42. The number of hydrogen-bond donors (Lipinski definition) is 4. The monoisotopic (exact) mass is 1420 g/mol. The second-order valence-corrected chi connectivity index (χ2v) is 28.9. The summed E-state index contributed by atoms with van der Waals surface area (Å²) in [4.78, 5) is 209. The van der Waals surface area contributed by atoms with Crippen LogP contribution in [-0.2, 0) is 81.3 Å². The van der Waals surface area contributed by atoms with E-state index in [1.54, 1.807) is 67.5 Å². The highest BCUT2D eigenvalue weighted by Crippen LogP contribution is 2.27. The predicted molar refractivity (Wildman–Crippen MR) is 375 cm³/mol. The Morgan fingerprint density at radius 1 is 0.490 bits per heavy atom. The minimum absolute atomic E-state index is 0.0618. The molecule has 570 valence electrons. The Kier molecular flexibility index (Phi) is 38.8. The Morgan fingerprint density at radius 3 is 1.45 bits per heavy atom. The van der Waals surface area contributed by atoms with Gasteiger partial charge in [-0.25, -0.2) is 4.79 Å². The van der Waals surface area contributed by atoms with Gasteiger partial charge in [0.05, 0.1) is 13.2 Å². The SMILES string of the molecule is C/C=C/C[C@@H](C)C(OC(=O)OCOC(=O)CCCOC(=O)CC)C1C(=O)N[C@@H](CC)C(=O)N(C)CC(=O)N(C)[C@@H](CC(C)C)C(=O)N[C@@H](C(C)C)C(=O)N(C)[C@@H](CC(C)C)C(=O)N[C@@H](C)C(=O)N[C@H](C)C(=O)N(C)[C@@H](CC(C)C)C(=O)N(C)C(CC(C)C)C(=O)N(C)[C@@H](C(C)C)C(=O)N1C. The average molecular weight is 1420 g/mol. The zero-order valence-electron chi connectivity index (χ0n) is 64.5. The average Bonchev–Trinajstić information content (AvgIpc) is 0.798. The maximum atomic E-state index is 15.7. The van der Waals surface area contributed by atoms with Crippen molar-refractivity contribution in [1.29, 1.82) is 0 Å². The number of amides is 11. The fourth-order valence-electron chi connectivity index (χ4n) is 11.7. The molecule has 0 aromatic rings. The van der Waals surface area contributed by atoms with Gasteiger partial charge in [-0.15, -0.1) is 0 Å². The first kappa shape index (κ1) is 90.1. The summed E-state index contributed by atoms with van der Waals surface area (Å²) in [5.74, 6) is -12.4. The number of carbonyl (C=O) groups is 14. The van der Waals surface area contributed by atoms with Crippen LogP contribution < -0.4 is 21.3 Å². The van der Waals surface area contributed by atoms with Gasteiger partial charge in [-0.3, -0.25) is 62.3 Å². The number of allylic oxidation sites excluding steroid dienone is 2. The van der Waals surface area contributed by atoms with E-state index in [-0.39, 0.29) is 88.1 Å². The highest BCUT2D eigenvalue weighted by atomic mass is 16.8. The molecule has 0 aromatic carbocycles. The lowest BCUT2D eigenvalue weighted by Crippen LogP contribution is -2.64. The molecule has 0 aliphatic carbocycles. The molecule has 0 bridgehead atoms. The number of nitrogens with zero attached hydrogens (tertiary/aromatic N) is 7. The molecule has 29 heteroatoms. The molecule has 4 N–H and O–H groups in total. The Hall–Kier alpha value is -7.88. The highest BCUT2D eigenvalue weighted by molar-refractivity contribution is 5.99. The van der Waals surface area contributed by atoms with E-state index < -0.39 is 181 Å². The van der Waals surface area contributed by atoms with Crippen molar-refractivity contribution < 1.29 is 86.1 Å². The second-order valence-electron chi connectivity index (χ2n) is 28.9. The minimum atomic E-state index is -1.85. The molecule has 0 aromatic heterocycles. The van der Waals surface area contributed by atoms with Crippen LogP contribution in [0.25, 0.3) is 0 Å². The summed E-state index contributed by atoms with van der Waals surface area (Å²) < 4.78 is 21.3. The number of nitrogens with one attached hydrogen (secondary N) is 4. The summed E-state index contributed by atoms with van der Waals surface area (Å²) >= 11 is 0. The fourth-order valence-corrected chi connectivity index (χ4v) is 11.7. The summed E-state index contributed by atoms with van der Waals surface area (Å²) in [5, 5.41) is 10.9.